The van der Waals surface area contributed by atoms with Gasteiger partial charge in [-0.15, -0.1) is 0 Å². The Kier molecular flexibility index (Phi) is 6.02. The van der Waals surface area contributed by atoms with Gasteiger partial charge in [0.15, 0.2) is 11.5 Å². The molecule has 184 valence electrons. The maximum Gasteiger partial charge on any atom is 0.272 e. The zero-order valence-electron chi connectivity index (χ0n) is 18.8. The van der Waals surface area contributed by atoms with E-state index in [1.165, 1.54) is 30.5 Å². The van der Waals surface area contributed by atoms with Gasteiger partial charge in [-0.05, 0) is 50.1 Å². The summed E-state index contributed by atoms with van der Waals surface area (Å²) in [5.41, 5.74) is 1.21. The molecule has 0 spiro atoms. The first kappa shape index (κ1) is 24.3. The Bertz CT molecular complexity index is 1640. The quantitative estimate of drug-likeness (QED) is 0.144. The number of ether oxygens (including phenoxy) is 1. The molecule has 1 fully saturated rings. The van der Waals surface area contributed by atoms with Crippen LogP contribution in [-0.4, -0.2) is 23.1 Å². The molecule has 5 rings (SSSR count). The molecule has 0 radical (unpaired) electrons. The number of hydrogen-bond acceptors (Lipinski definition) is 6. The summed E-state index contributed by atoms with van der Waals surface area (Å²) in [6.07, 6.45) is 2.86. The lowest BCUT2D eigenvalue weighted by atomic mass is 10.1. The summed E-state index contributed by atoms with van der Waals surface area (Å²) in [5, 5.41) is 11.3. The third-order valence-corrected chi connectivity index (χ3v) is 8.20. The lowest BCUT2D eigenvalue weighted by Crippen LogP contribution is -2.12. The molecule has 11 heteroatoms. The largest absolute Gasteiger partial charge is 0.454 e. The van der Waals surface area contributed by atoms with E-state index in [9.17, 15) is 23.3 Å². The number of rotatable bonds is 7. The second kappa shape index (κ2) is 8.92. The number of aryl methyl sites for hydroxylation is 1. The number of ketones is 1. The summed E-state index contributed by atoms with van der Waals surface area (Å²) in [7, 11) is -3.98. The molecule has 0 unspecified atom stereocenters. The van der Waals surface area contributed by atoms with Gasteiger partial charge >= 0.3 is 0 Å². The van der Waals surface area contributed by atoms with Gasteiger partial charge in [-0.25, -0.2) is 12.4 Å². The van der Waals surface area contributed by atoms with Crippen molar-refractivity contribution in [1.82, 2.24) is 3.97 Å². The van der Waals surface area contributed by atoms with Gasteiger partial charge in [-0.1, -0.05) is 40.9 Å². The van der Waals surface area contributed by atoms with Gasteiger partial charge in [0.2, 0.25) is 0 Å². The van der Waals surface area contributed by atoms with Crippen LogP contribution in [-0.2, 0) is 10.0 Å². The van der Waals surface area contributed by atoms with Gasteiger partial charge in [-0.3, -0.25) is 14.9 Å². The van der Waals surface area contributed by atoms with Crippen LogP contribution in [0.1, 0.15) is 28.8 Å². The Hall–Kier alpha value is -3.40. The highest BCUT2D eigenvalue weighted by Crippen LogP contribution is 2.41. The number of non-ortho nitro benzene ring substituents is 1. The summed E-state index contributed by atoms with van der Waals surface area (Å²) < 4.78 is 33.9. The minimum Gasteiger partial charge on any atom is -0.454 e. The maximum absolute atomic E-state index is 13.5. The first-order valence-corrected chi connectivity index (χ1v) is 13.1. The monoisotopic (exact) mass is 544 g/mol. The first-order valence-electron chi connectivity index (χ1n) is 10.9. The average Bonchev–Trinajstić information content (AvgIpc) is 3.61. The fraction of sp³-hybridized carbons (Fsp3) is 0.160. The predicted molar refractivity (Wildman–Crippen MR) is 136 cm³/mol. The molecule has 1 aliphatic rings. The van der Waals surface area contributed by atoms with Gasteiger partial charge < -0.3 is 4.74 Å². The highest BCUT2D eigenvalue weighted by molar-refractivity contribution is 7.90. The van der Waals surface area contributed by atoms with Gasteiger partial charge in [0.25, 0.3) is 15.7 Å². The number of carbonyl (C=O) groups excluding carboxylic acids is 1. The molecule has 4 aromatic rings. The molecule has 0 N–H and O–H groups in total. The molecule has 0 aliphatic heterocycles. The Morgan fingerprint density at radius 2 is 1.69 bits per heavy atom. The van der Waals surface area contributed by atoms with Crippen molar-refractivity contribution in [1.29, 1.82) is 0 Å². The summed E-state index contributed by atoms with van der Waals surface area (Å²) in [6, 6.07) is 13.3. The molecule has 0 atom stereocenters. The lowest BCUT2D eigenvalue weighted by Gasteiger charge is -2.11. The van der Waals surface area contributed by atoms with Crippen molar-refractivity contribution < 1.29 is 22.9 Å². The Morgan fingerprint density at radius 1 is 1.06 bits per heavy atom. The molecular weight excluding hydrogens is 527 g/mol. The molecule has 8 nitrogen and oxygen atoms in total. The fourth-order valence-corrected chi connectivity index (χ4v) is 5.82. The number of nitrogens with zero attached hydrogens (tertiary/aromatic N) is 2. The van der Waals surface area contributed by atoms with E-state index in [0.717, 1.165) is 34.5 Å². The molecule has 0 saturated heterocycles. The predicted octanol–water partition coefficient (Wildman–Crippen LogP) is 6.79. The summed E-state index contributed by atoms with van der Waals surface area (Å²) in [6.45, 7) is 1.86. The highest BCUT2D eigenvalue weighted by atomic mass is 35.5. The van der Waals surface area contributed by atoms with Gasteiger partial charge in [0.1, 0.15) is 5.75 Å². The molecule has 0 amide bonds. The number of benzene rings is 3. The number of nitro groups is 1. The van der Waals surface area contributed by atoms with Crippen molar-refractivity contribution in [2.24, 2.45) is 5.92 Å². The van der Waals surface area contributed by atoms with E-state index in [0.29, 0.717) is 10.9 Å². The second-order valence-corrected chi connectivity index (χ2v) is 11.2. The van der Waals surface area contributed by atoms with E-state index in [1.807, 2.05) is 6.92 Å². The van der Waals surface area contributed by atoms with Gasteiger partial charge in [-0.2, -0.15) is 0 Å². The number of Topliss-reactive ketones (excluding diaryl/α,β-unsaturated/α-hetero) is 1. The van der Waals surface area contributed by atoms with E-state index in [1.54, 1.807) is 18.2 Å². The zero-order valence-corrected chi connectivity index (χ0v) is 21.1. The van der Waals surface area contributed by atoms with Crippen LogP contribution in [0, 0.1) is 23.0 Å². The van der Waals surface area contributed by atoms with Gasteiger partial charge in [0, 0.05) is 35.2 Å². The van der Waals surface area contributed by atoms with E-state index < -0.39 is 14.9 Å². The number of carbonyl (C=O) groups is 1. The Balaban J connectivity index is 1.62. The summed E-state index contributed by atoms with van der Waals surface area (Å²) >= 11 is 12.3. The van der Waals surface area contributed by atoms with Crippen molar-refractivity contribution in [2.45, 2.75) is 24.7 Å². The molecule has 36 heavy (non-hydrogen) atoms. The first-order chi connectivity index (χ1) is 17.1. The number of nitro benzene ring substituents is 1. The van der Waals surface area contributed by atoms with E-state index in [4.69, 9.17) is 27.9 Å². The van der Waals surface area contributed by atoms with E-state index in [2.05, 4.69) is 0 Å². The highest BCUT2D eigenvalue weighted by Gasteiger charge is 2.34. The van der Waals surface area contributed by atoms with Crippen LogP contribution in [0.2, 0.25) is 10.0 Å². The molecule has 0 bridgehead atoms. The minimum atomic E-state index is -3.98. The van der Waals surface area contributed by atoms with Crippen molar-refractivity contribution in [3.05, 3.63) is 92.1 Å². The third-order valence-electron chi connectivity index (χ3n) is 5.95. The number of aromatic nitrogens is 1. The van der Waals surface area contributed by atoms with Crippen LogP contribution < -0.4 is 4.74 Å². The molecule has 1 saturated carbocycles. The van der Waals surface area contributed by atoms with E-state index >= 15 is 0 Å². The summed E-state index contributed by atoms with van der Waals surface area (Å²) in [4.78, 5) is 23.6. The van der Waals surface area contributed by atoms with E-state index in [-0.39, 0.29) is 49.4 Å². The molecule has 3 aromatic carbocycles. The van der Waals surface area contributed by atoms with Crippen LogP contribution in [0.15, 0.2) is 65.7 Å². The smallest absolute Gasteiger partial charge is 0.272 e. The SMILES string of the molecule is Cc1ccc(S(=O)(=O)n2cc(C(=O)C3CC3)c3cc(Oc4c(Cl)cc([N+](=O)[O-])cc4Cl)ccc32)cc1. The van der Waals surface area contributed by atoms with Crippen molar-refractivity contribution in [3.8, 4) is 11.5 Å². The maximum atomic E-state index is 13.5. The van der Waals surface area contributed by atoms with Crippen LogP contribution in [0.25, 0.3) is 10.9 Å². The number of fused-ring (bicyclic) bond motifs is 1. The topological polar surface area (TPSA) is 109 Å². The molecule has 1 aromatic heterocycles. The lowest BCUT2D eigenvalue weighted by molar-refractivity contribution is -0.384. The fourth-order valence-electron chi connectivity index (χ4n) is 3.89. The normalized spacial score (nSPS) is 13.6. The Labute approximate surface area is 216 Å². The zero-order chi connectivity index (χ0) is 25.8. The van der Waals surface area contributed by atoms with Crippen molar-refractivity contribution in [2.75, 3.05) is 0 Å². The molecule has 1 heterocycles. The third kappa shape index (κ3) is 4.34. The minimum absolute atomic E-state index is 0.00469. The van der Waals surface area contributed by atoms with Crippen molar-refractivity contribution in [3.63, 3.8) is 0 Å². The van der Waals surface area contributed by atoms with Crippen LogP contribution in [0.3, 0.4) is 0 Å². The van der Waals surface area contributed by atoms with Crippen LogP contribution in [0.5, 0.6) is 11.5 Å². The Morgan fingerprint density at radius 3 is 2.28 bits per heavy atom. The van der Waals surface area contributed by atoms with Crippen LogP contribution >= 0.6 is 23.2 Å². The number of hydrogen-bond donors (Lipinski definition) is 0. The molecule has 1 aliphatic carbocycles. The standard InChI is InChI=1S/C25H18Cl2N2O6S/c1-14-2-7-18(8-3-14)36(33,34)28-13-20(24(30)15-4-5-15)19-12-17(6-9-23(19)28)35-25-21(26)10-16(29(31)32)11-22(25)27/h2-3,6-13,15H,4-5H2,1H3. The summed E-state index contributed by atoms with van der Waals surface area (Å²) in [5.74, 6) is -0.0452. The second-order valence-electron chi connectivity index (χ2n) is 8.57. The average molecular weight is 545 g/mol. The number of halogens is 2. The molecular formula is C25H18Cl2N2O6S. The van der Waals surface area contributed by atoms with Crippen LogP contribution in [0.4, 0.5) is 5.69 Å². The van der Waals surface area contributed by atoms with Crippen molar-refractivity contribution >= 4 is 55.6 Å². The van der Waals surface area contributed by atoms with Gasteiger partial charge in [0.05, 0.1) is 25.4 Å².